The number of carbonyl (C=O) groups excluding carboxylic acids is 1. The number of nitrogens with one attached hydrogen (secondary N) is 1. The third-order valence-electron chi connectivity index (χ3n) is 10.1. The summed E-state index contributed by atoms with van der Waals surface area (Å²) < 4.78 is 38.2. The van der Waals surface area contributed by atoms with Crippen molar-refractivity contribution in [2.75, 3.05) is 13.7 Å². The second-order valence-electron chi connectivity index (χ2n) is 13.7. The van der Waals surface area contributed by atoms with Crippen LogP contribution in [0, 0.1) is 0 Å². The summed E-state index contributed by atoms with van der Waals surface area (Å²) >= 11 is 0. The first-order valence-electron chi connectivity index (χ1n) is 18.5. The van der Waals surface area contributed by atoms with E-state index >= 15 is 0 Å². The van der Waals surface area contributed by atoms with Crippen molar-refractivity contribution in [1.29, 1.82) is 0 Å². The molecule has 5 aromatic carbocycles. The fourth-order valence-electron chi connectivity index (χ4n) is 7.43. The molecule has 55 heavy (non-hydrogen) atoms. The van der Waals surface area contributed by atoms with E-state index in [-0.39, 0.29) is 32.3 Å². The number of carbonyl (C=O) groups is 2. The highest BCUT2D eigenvalue weighted by molar-refractivity contribution is 5.79. The van der Waals surface area contributed by atoms with Crippen LogP contribution in [0.2, 0.25) is 0 Å². The molecule has 7 rings (SSSR count). The first kappa shape index (κ1) is 37.9. The SMILES string of the molecule is COC1OC(C(CC(=O)O)NC(=O)OCC2c3ccccc3-c3ccccc32)C(OCc2ccccc2)C(OCc2ccccc2)C1OCc1ccccc1. The van der Waals surface area contributed by atoms with Crippen molar-refractivity contribution in [2.45, 2.75) is 68.9 Å². The Kier molecular flexibility index (Phi) is 12.6. The average Bonchev–Trinajstić information content (AvgIpc) is 3.54. The minimum absolute atomic E-state index is 0.0536. The van der Waals surface area contributed by atoms with Crippen molar-refractivity contribution in [3.63, 3.8) is 0 Å². The summed E-state index contributed by atoms with van der Waals surface area (Å²) in [7, 11) is 1.49. The van der Waals surface area contributed by atoms with Gasteiger partial charge < -0.3 is 38.8 Å². The predicted octanol–water partition coefficient (Wildman–Crippen LogP) is 7.50. The van der Waals surface area contributed by atoms with E-state index in [2.05, 4.69) is 17.4 Å². The molecule has 0 bridgehead atoms. The highest BCUT2D eigenvalue weighted by Crippen LogP contribution is 2.44. The van der Waals surface area contributed by atoms with Gasteiger partial charge in [-0.2, -0.15) is 0 Å². The van der Waals surface area contributed by atoms with Gasteiger partial charge in [0.2, 0.25) is 0 Å². The molecule has 0 saturated carbocycles. The molecule has 10 nitrogen and oxygen atoms in total. The summed E-state index contributed by atoms with van der Waals surface area (Å²) in [6, 6.07) is 44.0. The smallest absolute Gasteiger partial charge is 0.407 e. The number of methoxy groups -OCH3 is 1. The van der Waals surface area contributed by atoms with Crippen LogP contribution in [-0.4, -0.2) is 67.6 Å². The molecular weight excluding hydrogens is 698 g/mol. The van der Waals surface area contributed by atoms with Gasteiger partial charge in [-0.25, -0.2) is 4.79 Å². The number of amides is 1. The number of ether oxygens (including phenoxy) is 6. The van der Waals surface area contributed by atoms with E-state index in [9.17, 15) is 14.7 Å². The Labute approximate surface area is 320 Å². The lowest BCUT2D eigenvalue weighted by atomic mass is 9.91. The minimum atomic E-state index is -1.15. The first-order valence-corrected chi connectivity index (χ1v) is 18.5. The molecular formula is C45H45NO9. The zero-order valence-electron chi connectivity index (χ0n) is 30.6. The highest BCUT2D eigenvalue weighted by atomic mass is 16.7. The third kappa shape index (κ3) is 9.30. The predicted molar refractivity (Wildman–Crippen MR) is 205 cm³/mol. The summed E-state index contributed by atoms with van der Waals surface area (Å²) in [5, 5.41) is 13.0. The van der Waals surface area contributed by atoms with Gasteiger partial charge in [0.15, 0.2) is 6.29 Å². The lowest BCUT2D eigenvalue weighted by Crippen LogP contribution is -2.65. The minimum Gasteiger partial charge on any atom is -0.481 e. The van der Waals surface area contributed by atoms with Gasteiger partial charge in [0.05, 0.1) is 32.3 Å². The molecule has 0 spiro atoms. The fourth-order valence-corrected chi connectivity index (χ4v) is 7.43. The van der Waals surface area contributed by atoms with E-state index in [4.69, 9.17) is 28.4 Å². The largest absolute Gasteiger partial charge is 0.481 e. The van der Waals surface area contributed by atoms with Crippen molar-refractivity contribution < 1.29 is 43.1 Å². The van der Waals surface area contributed by atoms with Gasteiger partial charge in [-0.15, -0.1) is 0 Å². The molecule has 6 atom stereocenters. The molecule has 6 unspecified atom stereocenters. The zero-order chi connectivity index (χ0) is 38.0. The van der Waals surface area contributed by atoms with E-state index in [1.165, 1.54) is 7.11 Å². The summed E-state index contributed by atoms with van der Waals surface area (Å²) in [5.41, 5.74) is 7.06. The van der Waals surface area contributed by atoms with Gasteiger partial charge in [-0.3, -0.25) is 4.79 Å². The maximum absolute atomic E-state index is 13.7. The number of fused-ring (bicyclic) bond motifs is 3. The van der Waals surface area contributed by atoms with Crippen molar-refractivity contribution in [2.24, 2.45) is 0 Å². The lowest BCUT2D eigenvalue weighted by molar-refractivity contribution is -0.321. The van der Waals surface area contributed by atoms with E-state index < -0.39 is 55.2 Å². The topological polar surface area (TPSA) is 122 Å². The summed E-state index contributed by atoms with van der Waals surface area (Å²) in [6.07, 6.45) is -5.87. The van der Waals surface area contributed by atoms with Crippen LogP contribution in [0.3, 0.4) is 0 Å². The molecule has 1 amide bonds. The molecule has 10 heteroatoms. The standard InChI is InChI=1S/C45H45NO9/c1-50-44-43(53-28-32-19-9-4-10-20-32)42(52-27-31-17-7-3-8-18-31)41(51-26-30-15-5-2-6-16-30)40(55-44)38(25-39(47)48)46-45(49)54-29-37-35-23-13-11-21-33(35)34-22-12-14-24-36(34)37/h2-24,37-38,40-44H,25-29H2,1H3,(H,46,49)(H,47,48). The summed E-state index contributed by atoms with van der Waals surface area (Å²) in [5.74, 6) is -1.33. The molecule has 1 aliphatic heterocycles. The normalized spacial score (nSPS) is 20.9. The van der Waals surface area contributed by atoms with Crippen molar-refractivity contribution in [3.05, 3.63) is 167 Å². The van der Waals surface area contributed by atoms with Crippen LogP contribution < -0.4 is 5.32 Å². The quantitative estimate of drug-likeness (QED) is 0.106. The van der Waals surface area contributed by atoms with Gasteiger partial charge in [0, 0.05) is 13.0 Å². The number of carboxylic acid groups (broad SMARTS) is 1. The molecule has 0 aromatic heterocycles. The number of rotatable bonds is 16. The van der Waals surface area contributed by atoms with Gasteiger partial charge in [0.1, 0.15) is 31.0 Å². The van der Waals surface area contributed by atoms with Gasteiger partial charge in [-0.05, 0) is 38.9 Å². The molecule has 0 radical (unpaired) electrons. The number of benzene rings is 5. The van der Waals surface area contributed by atoms with Gasteiger partial charge in [0.25, 0.3) is 0 Å². The Morgan fingerprint density at radius 1 is 0.636 bits per heavy atom. The van der Waals surface area contributed by atoms with Crippen LogP contribution >= 0.6 is 0 Å². The Hall–Kier alpha value is -5.36. The molecule has 2 N–H and O–H groups in total. The van der Waals surface area contributed by atoms with E-state index in [0.29, 0.717) is 0 Å². The molecule has 2 aliphatic rings. The molecule has 1 heterocycles. The second-order valence-corrected chi connectivity index (χ2v) is 13.7. The van der Waals surface area contributed by atoms with Crippen LogP contribution in [0.4, 0.5) is 4.79 Å². The summed E-state index contributed by atoms with van der Waals surface area (Å²) in [6.45, 7) is 0.642. The third-order valence-corrected chi connectivity index (χ3v) is 10.1. The Morgan fingerprint density at radius 2 is 1.09 bits per heavy atom. The van der Waals surface area contributed by atoms with Crippen molar-refractivity contribution in [3.8, 4) is 11.1 Å². The monoisotopic (exact) mass is 743 g/mol. The molecule has 284 valence electrons. The Bertz CT molecular complexity index is 1950. The molecule has 5 aromatic rings. The molecule has 1 saturated heterocycles. The number of carboxylic acids is 1. The van der Waals surface area contributed by atoms with Crippen LogP contribution in [0.1, 0.15) is 40.2 Å². The first-order chi connectivity index (χ1) is 27.0. The van der Waals surface area contributed by atoms with E-state index in [0.717, 1.165) is 38.9 Å². The maximum Gasteiger partial charge on any atom is 0.407 e. The molecule has 1 fully saturated rings. The summed E-state index contributed by atoms with van der Waals surface area (Å²) in [4.78, 5) is 26.2. The number of hydrogen-bond donors (Lipinski definition) is 2. The lowest BCUT2D eigenvalue weighted by Gasteiger charge is -2.47. The Balaban J connectivity index is 1.17. The van der Waals surface area contributed by atoms with E-state index in [1.807, 2.05) is 127 Å². The molecule has 1 aliphatic carbocycles. The fraction of sp³-hybridized carbons (Fsp3) is 0.289. The average molecular weight is 744 g/mol. The zero-order valence-corrected chi connectivity index (χ0v) is 30.6. The van der Waals surface area contributed by atoms with Crippen LogP contribution in [0.5, 0.6) is 0 Å². The Morgan fingerprint density at radius 3 is 1.58 bits per heavy atom. The number of aliphatic carboxylic acids is 1. The van der Waals surface area contributed by atoms with Crippen LogP contribution in [0.15, 0.2) is 140 Å². The van der Waals surface area contributed by atoms with Gasteiger partial charge in [-0.1, -0.05) is 140 Å². The van der Waals surface area contributed by atoms with Crippen LogP contribution in [-0.2, 0) is 53.0 Å². The maximum atomic E-state index is 13.7. The second kappa shape index (κ2) is 18.3. The van der Waals surface area contributed by atoms with E-state index in [1.54, 1.807) is 0 Å². The van der Waals surface area contributed by atoms with Crippen molar-refractivity contribution >= 4 is 12.1 Å². The number of hydrogen-bond acceptors (Lipinski definition) is 8. The number of alkyl carbamates (subject to hydrolysis) is 1. The van der Waals surface area contributed by atoms with Crippen molar-refractivity contribution in [1.82, 2.24) is 5.32 Å². The highest BCUT2D eigenvalue weighted by Gasteiger charge is 2.52. The van der Waals surface area contributed by atoms with Crippen LogP contribution in [0.25, 0.3) is 11.1 Å². The van der Waals surface area contributed by atoms with Gasteiger partial charge >= 0.3 is 12.1 Å².